The number of hydrogen-bond acceptors (Lipinski definition) is 4. The van der Waals surface area contributed by atoms with Gasteiger partial charge in [0.05, 0.1) is 11.1 Å². The van der Waals surface area contributed by atoms with E-state index in [0.29, 0.717) is 0 Å². The molecule has 1 N–H and O–H groups in total. The number of rotatable bonds is 8. The van der Waals surface area contributed by atoms with Crippen LogP contribution in [-0.2, 0) is 6.42 Å². The number of aryl methyl sites for hydroxylation is 1. The van der Waals surface area contributed by atoms with Crippen LogP contribution in [0.3, 0.4) is 0 Å². The molecule has 1 heterocycles. The molecular formula is C21H28N2OS. The molecule has 1 aromatic carbocycles. The van der Waals surface area contributed by atoms with E-state index in [2.05, 4.69) is 17.2 Å². The molecule has 1 saturated carbocycles. The first kappa shape index (κ1) is 18.1. The van der Waals surface area contributed by atoms with Crippen molar-refractivity contribution in [1.82, 2.24) is 4.98 Å². The van der Waals surface area contributed by atoms with Gasteiger partial charge in [0.2, 0.25) is 5.78 Å². The summed E-state index contributed by atoms with van der Waals surface area (Å²) < 4.78 is 0. The molecular weight excluding hydrogens is 328 g/mol. The highest BCUT2D eigenvalue weighted by atomic mass is 32.1. The van der Waals surface area contributed by atoms with Gasteiger partial charge >= 0.3 is 0 Å². The average molecular weight is 357 g/mol. The third-order valence-electron chi connectivity index (χ3n) is 5.16. The lowest BCUT2D eigenvalue weighted by Crippen LogP contribution is -2.09. The number of carbonyl (C=O) groups excluding carboxylic acids is 1. The van der Waals surface area contributed by atoms with Gasteiger partial charge < -0.3 is 5.32 Å². The SMILES string of the molecule is CCc1ccccc1C(=O)c1cnc(NCCCC2CCCCC2)s1. The molecule has 3 rings (SSSR count). The maximum Gasteiger partial charge on any atom is 0.204 e. The summed E-state index contributed by atoms with van der Waals surface area (Å²) in [4.78, 5) is 17.8. The van der Waals surface area contributed by atoms with Crippen LogP contribution < -0.4 is 5.32 Å². The molecule has 0 radical (unpaired) electrons. The minimum absolute atomic E-state index is 0.0882. The van der Waals surface area contributed by atoms with E-state index < -0.39 is 0 Å². The van der Waals surface area contributed by atoms with Crippen molar-refractivity contribution in [1.29, 1.82) is 0 Å². The van der Waals surface area contributed by atoms with Gasteiger partial charge in [-0.2, -0.15) is 0 Å². The topological polar surface area (TPSA) is 42.0 Å². The number of aromatic nitrogens is 1. The first-order valence-corrected chi connectivity index (χ1v) is 10.4. The Morgan fingerprint density at radius 1 is 1.24 bits per heavy atom. The van der Waals surface area contributed by atoms with Crippen molar-refractivity contribution in [2.24, 2.45) is 5.92 Å². The Bertz CT molecular complexity index is 689. The monoisotopic (exact) mass is 356 g/mol. The van der Waals surface area contributed by atoms with Gasteiger partial charge in [-0.25, -0.2) is 4.98 Å². The highest BCUT2D eigenvalue weighted by molar-refractivity contribution is 7.17. The normalized spacial score (nSPS) is 15.2. The summed E-state index contributed by atoms with van der Waals surface area (Å²) in [6, 6.07) is 7.86. The number of anilines is 1. The standard InChI is InChI=1S/C21H28N2OS/c1-2-17-12-6-7-13-18(17)20(24)19-15-23-21(25-19)22-14-8-11-16-9-4-3-5-10-16/h6-7,12-13,15-16H,2-5,8-11,14H2,1H3,(H,22,23). The molecule has 0 saturated heterocycles. The first-order valence-electron chi connectivity index (χ1n) is 9.60. The van der Waals surface area contributed by atoms with Crippen molar-refractivity contribution in [3.05, 3.63) is 46.5 Å². The molecule has 1 aliphatic rings. The second-order valence-corrected chi connectivity index (χ2v) is 7.97. The molecule has 1 aliphatic carbocycles. The van der Waals surface area contributed by atoms with Crippen LogP contribution in [-0.4, -0.2) is 17.3 Å². The molecule has 3 nitrogen and oxygen atoms in total. The number of ketones is 1. The van der Waals surface area contributed by atoms with E-state index in [4.69, 9.17) is 0 Å². The maximum absolute atomic E-state index is 12.7. The van der Waals surface area contributed by atoms with Gasteiger partial charge in [0.1, 0.15) is 0 Å². The molecule has 0 spiro atoms. The van der Waals surface area contributed by atoms with Crippen LogP contribution in [0.5, 0.6) is 0 Å². The lowest BCUT2D eigenvalue weighted by molar-refractivity contribution is 0.104. The highest BCUT2D eigenvalue weighted by Crippen LogP contribution is 2.27. The molecule has 1 aromatic heterocycles. The smallest absolute Gasteiger partial charge is 0.204 e. The van der Waals surface area contributed by atoms with Gasteiger partial charge in [0.15, 0.2) is 5.13 Å². The number of nitrogens with one attached hydrogen (secondary N) is 1. The Hall–Kier alpha value is -1.68. The Labute approximate surface area is 154 Å². The predicted octanol–water partition coefficient (Wildman–Crippen LogP) is 5.71. The fourth-order valence-corrected chi connectivity index (χ4v) is 4.50. The van der Waals surface area contributed by atoms with Crippen molar-refractivity contribution in [3.8, 4) is 0 Å². The van der Waals surface area contributed by atoms with Crippen molar-refractivity contribution in [3.63, 3.8) is 0 Å². The molecule has 1 fully saturated rings. The van der Waals surface area contributed by atoms with Gasteiger partial charge in [-0.1, -0.05) is 74.6 Å². The molecule has 0 aliphatic heterocycles. The number of hydrogen-bond donors (Lipinski definition) is 1. The van der Waals surface area contributed by atoms with Gasteiger partial charge in [0, 0.05) is 12.1 Å². The van der Waals surface area contributed by atoms with Crippen LogP contribution in [0.4, 0.5) is 5.13 Å². The number of carbonyl (C=O) groups is 1. The summed E-state index contributed by atoms with van der Waals surface area (Å²) in [5.41, 5.74) is 1.90. The Morgan fingerprint density at radius 3 is 2.84 bits per heavy atom. The number of benzene rings is 1. The number of nitrogens with zero attached hydrogens (tertiary/aromatic N) is 1. The summed E-state index contributed by atoms with van der Waals surface area (Å²) in [5, 5.41) is 4.26. The summed E-state index contributed by atoms with van der Waals surface area (Å²) in [5.74, 6) is 1.01. The van der Waals surface area contributed by atoms with Crippen LogP contribution in [0, 0.1) is 5.92 Å². The lowest BCUT2D eigenvalue weighted by Gasteiger charge is -2.21. The Balaban J connectivity index is 1.50. The van der Waals surface area contributed by atoms with E-state index in [9.17, 15) is 4.79 Å². The van der Waals surface area contributed by atoms with Gasteiger partial charge in [-0.15, -0.1) is 0 Å². The van der Waals surface area contributed by atoms with Crippen LogP contribution in [0.1, 0.15) is 72.7 Å². The highest BCUT2D eigenvalue weighted by Gasteiger charge is 2.16. The van der Waals surface area contributed by atoms with Crippen molar-refractivity contribution >= 4 is 22.3 Å². The minimum Gasteiger partial charge on any atom is -0.362 e. The quantitative estimate of drug-likeness (QED) is 0.486. The average Bonchev–Trinajstić information content (AvgIpc) is 3.14. The van der Waals surface area contributed by atoms with Crippen molar-refractivity contribution in [2.75, 3.05) is 11.9 Å². The fraction of sp³-hybridized carbons (Fsp3) is 0.524. The largest absolute Gasteiger partial charge is 0.362 e. The summed E-state index contributed by atoms with van der Waals surface area (Å²) in [6.07, 6.45) is 12.1. The van der Waals surface area contributed by atoms with E-state index in [1.165, 1.54) is 56.3 Å². The number of thiazole rings is 1. The zero-order valence-corrected chi connectivity index (χ0v) is 15.9. The Morgan fingerprint density at radius 2 is 2.04 bits per heavy atom. The molecule has 25 heavy (non-hydrogen) atoms. The van der Waals surface area contributed by atoms with Gasteiger partial charge in [0.25, 0.3) is 0 Å². The zero-order chi connectivity index (χ0) is 17.5. The molecule has 0 atom stereocenters. The summed E-state index contributed by atoms with van der Waals surface area (Å²) in [6.45, 7) is 3.03. The van der Waals surface area contributed by atoms with Gasteiger partial charge in [-0.05, 0) is 30.7 Å². The second kappa shape index (κ2) is 9.14. The van der Waals surface area contributed by atoms with Gasteiger partial charge in [-0.3, -0.25) is 4.79 Å². The van der Waals surface area contributed by atoms with Crippen LogP contribution in [0.15, 0.2) is 30.5 Å². The predicted molar refractivity (Wildman–Crippen MR) is 106 cm³/mol. The van der Waals surface area contributed by atoms with Crippen molar-refractivity contribution in [2.45, 2.75) is 58.3 Å². The lowest BCUT2D eigenvalue weighted by atomic mass is 9.86. The first-order chi connectivity index (χ1) is 12.3. The fourth-order valence-electron chi connectivity index (χ4n) is 3.71. The van der Waals surface area contributed by atoms with Crippen molar-refractivity contribution < 1.29 is 4.79 Å². The van der Waals surface area contributed by atoms with E-state index in [1.54, 1.807) is 6.20 Å². The van der Waals surface area contributed by atoms with E-state index >= 15 is 0 Å². The van der Waals surface area contributed by atoms with E-state index in [-0.39, 0.29) is 5.78 Å². The molecule has 2 aromatic rings. The van der Waals surface area contributed by atoms with E-state index in [1.807, 2.05) is 24.3 Å². The second-order valence-electron chi connectivity index (χ2n) is 6.94. The summed E-state index contributed by atoms with van der Waals surface area (Å²) in [7, 11) is 0. The zero-order valence-electron chi connectivity index (χ0n) is 15.1. The minimum atomic E-state index is 0.0882. The summed E-state index contributed by atoms with van der Waals surface area (Å²) >= 11 is 1.47. The maximum atomic E-state index is 12.7. The molecule has 0 amide bonds. The van der Waals surface area contributed by atoms with Crippen LogP contribution in [0.2, 0.25) is 0 Å². The third kappa shape index (κ3) is 4.91. The Kier molecular flexibility index (Phi) is 6.62. The molecule has 0 bridgehead atoms. The molecule has 134 valence electrons. The molecule has 4 heteroatoms. The van der Waals surface area contributed by atoms with E-state index in [0.717, 1.165) is 40.0 Å². The van der Waals surface area contributed by atoms with Crippen LogP contribution >= 0.6 is 11.3 Å². The molecule has 0 unspecified atom stereocenters. The van der Waals surface area contributed by atoms with Crippen LogP contribution in [0.25, 0.3) is 0 Å². The third-order valence-corrected chi connectivity index (χ3v) is 6.12.